The van der Waals surface area contributed by atoms with Crippen molar-refractivity contribution < 1.29 is 0 Å². The molecule has 2 fully saturated rings. The van der Waals surface area contributed by atoms with Crippen LogP contribution in [0.2, 0.25) is 0 Å². The van der Waals surface area contributed by atoms with Gasteiger partial charge in [-0.15, -0.1) is 11.6 Å². The highest BCUT2D eigenvalue weighted by Crippen LogP contribution is 2.37. The van der Waals surface area contributed by atoms with E-state index < -0.39 is 0 Å². The molecule has 11 heavy (non-hydrogen) atoms. The highest BCUT2D eigenvalue weighted by molar-refractivity contribution is 6.18. The average Bonchev–Trinajstić information content (AvgIpc) is 2.46. The lowest BCUT2D eigenvalue weighted by Gasteiger charge is -2.13. The smallest absolute Gasteiger partial charge is 0.0351 e. The summed E-state index contributed by atoms with van der Waals surface area (Å²) in [4.78, 5) is 2.53. The van der Waals surface area contributed by atoms with E-state index in [4.69, 9.17) is 11.6 Å². The second kappa shape index (κ2) is 3.32. The lowest BCUT2D eigenvalue weighted by Crippen LogP contribution is -2.23. The highest BCUT2D eigenvalue weighted by atomic mass is 35.5. The minimum absolute atomic E-state index is 0.805. The first kappa shape index (κ1) is 7.88. The van der Waals surface area contributed by atoms with Crippen LogP contribution in [-0.4, -0.2) is 30.4 Å². The Labute approximate surface area is 73.7 Å². The number of halogens is 1. The summed E-state index contributed by atoms with van der Waals surface area (Å²) < 4.78 is 0. The fourth-order valence-electron chi connectivity index (χ4n) is 2.63. The molecule has 0 radical (unpaired) electrons. The van der Waals surface area contributed by atoms with Gasteiger partial charge in [-0.3, -0.25) is 0 Å². The Morgan fingerprint density at radius 2 is 1.82 bits per heavy atom. The molecule has 0 aromatic carbocycles. The van der Waals surface area contributed by atoms with Crippen molar-refractivity contribution in [3.63, 3.8) is 0 Å². The predicted octanol–water partition coefficient (Wildman–Crippen LogP) is 1.96. The number of alkyl halides is 1. The summed E-state index contributed by atoms with van der Waals surface area (Å²) in [5, 5.41) is 0. The number of hydrogen-bond donors (Lipinski definition) is 0. The summed E-state index contributed by atoms with van der Waals surface area (Å²) in [7, 11) is 0. The lowest BCUT2D eigenvalue weighted by molar-refractivity contribution is 0.330. The van der Waals surface area contributed by atoms with Crippen LogP contribution in [0.1, 0.15) is 19.3 Å². The van der Waals surface area contributed by atoms with E-state index in [1.54, 1.807) is 0 Å². The minimum atomic E-state index is 0.805. The molecule has 1 aliphatic carbocycles. The Kier molecular flexibility index (Phi) is 2.38. The normalized spacial score (nSPS) is 37.9. The number of hydrogen-bond acceptors (Lipinski definition) is 1. The fourth-order valence-corrected chi connectivity index (χ4v) is 2.87. The third-order valence-electron chi connectivity index (χ3n) is 3.20. The zero-order chi connectivity index (χ0) is 7.68. The standard InChI is InChI=1S/C9H16ClN/c10-4-5-11-6-8-2-1-3-9(8)7-11/h8-9H,1-7H2. The predicted molar refractivity (Wildman–Crippen MR) is 48.0 cm³/mol. The van der Waals surface area contributed by atoms with E-state index in [2.05, 4.69) is 4.90 Å². The second-order valence-corrected chi connectivity index (χ2v) is 4.28. The van der Waals surface area contributed by atoms with Crippen LogP contribution in [0.25, 0.3) is 0 Å². The molecule has 0 aromatic heterocycles. The van der Waals surface area contributed by atoms with E-state index in [9.17, 15) is 0 Å². The molecule has 1 saturated carbocycles. The Bertz CT molecular complexity index is 126. The number of likely N-dealkylation sites (tertiary alicyclic amines) is 1. The Hall–Kier alpha value is 0.250. The van der Waals surface area contributed by atoms with Crippen LogP contribution in [0.5, 0.6) is 0 Å². The van der Waals surface area contributed by atoms with Crippen molar-refractivity contribution >= 4 is 11.6 Å². The van der Waals surface area contributed by atoms with Crippen molar-refractivity contribution in [1.29, 1.82) is 0 Å². The first-order valence-corrected chi connectivity index (χ1v) is 5.22. The Morgan fingerprint density at radius 3 is 2.36 bits per heavy atom. The molecule has 1 saturated heterocycles. The van der Waals surface area contributed by atoms with Gasteiger partial charge in [0, 0.05) is 25.5 Å². The van der Waals surface area contributed by atoms with Crippen LogP contribution in [-0.2, 0) is 0 Å². The van der Waals surface area contributed by atoms with Gasteiger partial charge in [0.15, 0.2) is 0 Å². The van der Waals surface area contributed by atoms with Crippen molar-refractivity contribution in [3.8, 4) is 0 Å². The van der Waals surface area contributed by atoms with Crippen molar-refractivity contribution in [2.24, 2.45) is 11.8 Å². The third-order valence-corrected chi connectivity index (χ3v) is 3.37. The molecule has 0 amide bonds. The van der Waals surface area contributed by atoms with Gasteiger partial charge in [-0.25, -0.2) is 0 Å². The van der Waals surface area contributed by atoms with Gasteiger partial charge in [-0.2, -0.15) is 0 Å². The average molecular weight is 174 g/mol. The van der Waals surface area contributed by atoms with Crippen molar-refractivity contribution in [1.82, 2.24) is 4.90 Å². The van der Waals surface area contributed by atoms with Crippen LogP contribution in [0.4, 0.5) is 0 Å². The summed E-state index contributed by atoms with van der Waals surface area (Å²) in [6.45, 7) is 3.77. The van der Waals surface area contributed by atoms with Crippen LogP contribution >= 0.6 is 11.6 Å². The molecule has 0 bridgehead atoms. The second-order valence-electron chi connectivity index (χ2n) is 3.90. The topological polar surface area (TPSA) is 3.24 Å². The van der Waals surface area contributed by atoms with Gasteiger partial charge in [0.2, 0.25) is 0 Å². The maximum atomic E-state index is 5.70. The molecule has 2 rings (SSSR count). The number of fused-ring (bicyclic) bond motifs is 1. The minimum Gasteiger partial charge on any atom is -0.302 e. The first-order valence-electron chi connectivity index (χ1n) is 4.68. The molecule has 0 N–H and O–H groups in total. The van der Waals surface area contributed by atoms with Crippen LogP contribution in [0.15, 0.2) is 0 Å². The van der Waals surface area contributed by atoms with E-state index in [1.807, 2.05) is 0 Å². The monoisotopic (exact) mass is 173 g/mol. The Balaban J connectivity index is 1.84. The molecular formula is C9H16ClN. The molecule has 1 aliphatic heterocycles. The summed E-state index contributed by atoms with van der Waals surface area (Å²) in [6, 6.07) is 0. The first-order chi connectivity index (χ1) is 5.40. The molecule has 64 valence electrons. The molecule has 2 unspecified atom stereocenters. The molecule has 1 nitrogen and oxygen atoms in total. The van der Waals surface area contributed by atoms with E-state index in [0.717, 1.165) is 24.3 Å². The molecular weight excluding hydrogens is 158 g/mol. The van der Waals surface area contributed by atoms with Crippen molar-refractivity contribution in [2.45, 2.75) is 19.3 Å². The quantitative estimate of drug-likeness (QED) is 0.578. The third kappa shape index (κ3) is 1.54. The van der Waals surface area contributed by atoms with Crippen LogP contribution < -0.4 is 0 Å². The van der Waals surface area contributed by atoms with Crippen molar-refractivity contribution in [2.75, 3.05) is 25.5 Å². The van der Waals surface area contributed by atoms with Crippen molar-refractivity contribution in [3.05, 3.63) is 0 Å². The van der Waals surface area contributed by atoms with Gasteiger partial charge in [0.05, 0.1) is 0 Å². The van der Waals surface area contributed by atoms with E-state index in [0.29, 0.717) is 0 Å². The summed E-state index contributed by atoms with van der Waals surface area (Å²) in [5.41, 5.74) is 0. The summed E-state index contributed by atoms with van der Waals surface area (Å²) >= 11 is 5.70. The summed E-state index contributed by atoms with van der Waals surface area (Å²) in [5.74, 6) is 2.86. The largest absolute Gasteiger partial charge is 0.302 e. The maximum absolute atomic E-state index is 5.70. The maximum Gasteiger partial charge on any atom is 0.0351 e. The van der Waals surface area contributed by atoms with Crippen LogP contribution in [0.3, 0.4) is 0 Å². The Morgan fingerprint density at radius 1 is 1.18 bits per heavy atom. The van der Waals surface area contributed by atoms with E-state index in [-0.39, 0.29) is 0 Å². The van der Waals surface area contributed by atoms with Gasteiger partial charge >= 0.3 is 0 Å². The van der Waals surface area contributed by atoms with Gasteiger partial charge in [0.1, 0.15) is 0 Å². The van der Waals surface area contributed by atoms with Gasteiger partial charge in [-0.05, 0) is 24.7 Å². The summed E-state index contributed by atoms with van der Waals surface area (Å²) in [6.07, 6.45) is 4.43. The number of nitrogens with zero attached hydrogens (tertiary/aromatic N) is 1. The van der Waals surface area contributed by atoms with Gasteiger partial charge in [-0.1, -0.05) is 6.42 Å². The van der Waals surface area contributed by atoms with Gasteiger partial charge in [0.25, 0.3) is 0 Å². The molecule has 0 spiro atoms. The van der Waals surface area contributed by atoms with Crippen LogP contribution in [0, 0.1) is 11.8 Å². The zero-order valence-corrected chi connectivity index (χ0v) is 7.69. The lowest BCUT2D eigenvalue weighted by atomic mass is 10.0. The molecule has 2 heteroatoms. The van der Waals surface area contributed by atoms with Gasteiger partial charge < -0.3 is 4.90 Å². The highest BCUT2D eigenvalue weighted by Gasteiger charge is 2.35. The van der Waals surface area contributed by atoms with E-state index in [1.165, 1.54) is 32.4 Å². The fraction of sp³-hybridized carbons (Fsp3) is 1.00. The number of rotatable bonds is 2. The SMILES string of the molecule is ClCCN1CC2CCCC2C1. The molecule has 2 aliphatic rings. The molecule has 2 atom stereocenters. The van der Waals surface area contributed by atoms with E-state index >= 15 is 0 Å². The molecule has 1 heterocycles. The molecule has 0 aromatic rings. The zero-order valence-electron chi connectivity index (χ0n) is 6.93.